The lowest BCUT2D eigenvalue weighted by Gasteiger charge is -2.15. The molecular weight excluding hydrogens is 172 g/mol. The maximum Gasteiger partial charge on any atom is 0.188 e. The van der Waals surface area contributed by atoms with Crippen LogP contribution in [0, 0.1) is 0 Å². The summed E-state index contributed by atoms with van der Waals surface area (Å²) in [6.45, 7) is 5.54. The van der Waals surface area contributed by atoms with E-state index in [-0.39, 0.29) is 11.4 Å². The van der Waals surface area contributed by atoms with Crippen LogP contribution in [0.2, 0.25) is 0 Å². The minimum absolute atomic E-state index is 0.157. The second-order valence-electron chi connectivity index (χ2n) is 3.90. The van der Waals surface area contributed by atoms with Gasteiger partial charge in [-0.25, -0.2) is 0 Å². The molecule has 1 rings (SSSR count). The molecule has 0 spiro atoms. The van der Waals surface area contributed by atoms with Crippen molar-refractivity contribution in [3.8, 4) is 0 Å². The molecule has 0 fully saturated rings. The molecule has 0 N–H and O–H groups in total. The third kappa shape index (κ3) is 2.59. The lowest BCUT2D eigenvalue weighted by molar-refractivity contribution is -0.120. The van der Waals surface area contributed by atoms with E-state index in [1.807, 2.05) is 20.8 Å². The molecule has 0 saturated carbocycles. The highest BCUT2D eigenvalue weighted by molar-refractivity contribution is 7.82. The summed E-state index contributed by atoms with van der Waals surface area (Å²) in [5, 5.41) is 7.67. The van der Waals surface area contributed by atoms with E-state index in [1.165, 1.54) is 0 Å². The smallest absolute Gasteiger partial charge is 0.188 e. The molecule has 0 radical (unpaired) electrons. The molecule has 0 atom stereocenters. The van der Waals surface area contributed by atoms with Gasteiger partial charge >= 0.3 is 0 Å². The van der Waals surface area contributed by atoms with Gasteiger partial charge in [-0.3, -0.25) is 4.79 Å². The van der Waals surface area contributed by atoms with E-state index in [9.17, 15) is 4.79 Å². The number of carbonyl (C=O) groups excluding carboxylic acids is 1. The summed E-state index contributed by atoms with van der Waals surface area (Å²) in [5.74, 6) is 0.157. The van der Waals surface area contributed by atoms with Gasteiger partial charge in [-0.05, 0) is 20.8 Å². The molecule has 1 aliphatic heterocycles. The lowest BCUT2D eigenvalue weighted by Crippen LogP contribution is -2.25. The molecule has 0 aromatic heterocycles. The third-order valence-electron chi connectivity index (χ3n) is 1.95. The Labute approximate surface area is 78.1 Å². The molecule has 0 saturated heterocycles. The van der Waals surface area contributed by atoms with Crippen LogP contribution in [0.25, 0.3) is 0 Å². The Bertz CT molecular complexity index is 224. The van der Waals surface area contributed by atoms with Crippen molar-refractivity contribution < 1.29 is 4.79 Å². The standard InChI is InChI=1S/C8H14N2OS/c1-7(2,12)6(11)4-5-8(3)9-10-8/h12H,4-5H2,1-3H3. The molecule has 0 amide bonds. The van der Waals surface area contributed by atoms with Crippen LogP contribution in [-0.4, -0.2) is 16.2 Å². The number of hydrogen-bond donors (Lipinski definition) is 1. The second-order valence-corrected chi connectivity index (χ2v) is 5.02. The largest absolute Gasteiger partial charge is 0.298 e. The summed E-state index contributed by atoms with van der Waals surface area (Å²) in [6.07, 6.45) is 1.23. The van der Waals surface area contributed by atoms with Crippen molar-refractivity contribution in [2.45, 2.75) is 44.0 Å². The Balaban J connectivity index is 2.28. The van der Waals surface area contributed by atoms with Gasteiger partial charge in [-0.2, -0.15) is 22.9 Å². The van der Waals surface area contributed by atoms with Gasteiger partial charge in [0.15, 0.2) is 5.66 Å². The van der Waals surface area contributed by atoms with Crippen molar-refractivity contribution in [3.05, 3.63) is 0 Å². The molecule has 1 aliphatic rings. The van der Waals surface area contributed by atoms with E-state index in [1.54, 1.807) is 0 Å². The Hall–Kier alpha value is -0.380. The summed E-state index contributed by atoms with van der Waals surface area (Å²) < 4.78 is -0.523. The van der Waals surface area contributed by atoms with Gasteiger partial charge in [0, 0.05) is 12.8 Å². The summed E-state index contributed by atoms with van der Waals surface area (Å²) in [6, 6.07) is 0. The minimum atomic E-state index is -0.523. The second kappa shape index (κ2) is 2.83. The molecule has 0 aromatic rings. The van der Waals surface area contributed by atoms with Gasteiger partial charge in [0.2, 0.25) is 0 Å². The first kappa shape index (κ1) is 9.71. The number of thiol groups is 1. The van der Waals surface area contributed by atoms with E-state index in [0.29, 0.717) is 6.42 Å². The monoisotopic (exact) mass is 186 g/mol. The van der Waals surface area contributed by atoms with Crippen LogP contribution in [0.15, 0.2) is 10.2 Å². The van der Waals surface area contributed by atoms with E-state index in [4.69, 9.17) is 0 Å². The van der Waals surface area contributed by atoms with Crippen LogP contribution >= 0.6 is 12.6 Å². The molecule has 4 heteroatoms. The minimum Gasteiger partial charge on any atom is -0.298 e. The van der Waals surface area contributed by atoms with Gasteiger partial charge < -0.3 is 0 Å². The van der Waals surface area contributed by atoms with Gasteiger partial charge in [-0.15, -0.1) is 0 Å². The van der Waals surface area contributed by atoms with Crippen LogP contribution in [0.1, 0.15) is 33.6 Å². The number of Topliss-reactive ketones (excluding diaryl/α,β-unsaturated/α-hetero) is 1. The van der Waals surface area contributed by atoms with Gasteiger partial charge in [0.1, 0.15) is 5.78 Å². The molecule has 0 aliphatic carbocycles. The molecule has 0 bridgehead atoms. The first-order valence-corrected chi connectivity index (χ1v) is 4.48. The Morgan fingerprint density at radius 2 is 2.00 bits per heavy atom. The van der Waals surface area contributed by atoms with Crippen LogP contribution in [0.4, 0.5) is 0 Å². The molecule has 3 nitrogen and oxygen atoms in total. The van der Waals surface area contributed by atoms with Crippen molar-refractivity contribution >= 4 is 18.4 Å². The van der Waals surface area contributed by atoms with E-state index < -0.39 is 4.75 Å². The number of rotatable bonds is 4. The highest BCUT2D eigenvalue weighted by Crippen LogP contribution is 2.33. The topological polar surface area (TPSA) is 41.8 Å². The van der Waals surface area contributed by atoms with Crippen LogP contribution in [-0.2, 0) is 4.79 Å². The van der Waals surface area contributed by atoms with Gasteiger partial charge in [-0.1, -0.05) is 0 Å². The fraction of sp³-hybridized carbons (Fsp3) is 0.875. The molecule has 12 heavy (non-hydrogen) atoms. The maximum atomic E-state index is 11.4. The van der Waals surface area contributed by atoms with Gasteiger partial charge in [0.25, 0.3) is 0 Å². The van der Waals surface area contributed by atoms with Crippen LogP contribution in [0.3, 0.4) is 0 Å². The fourth-order valence-corrected chi connectivity index (χ4v) is 0.953. The molecular formula is C8H14N2OS. The van der Waals surface area contributed by atoms with Crippen molar-refractivity contribution in [3.63, 3.8) is 0 Å². The van der Waals surface area contributed by atoms with E-state index in [2.05, 4.69) is 22.9 Å². The predicted molar refractivity (Wildman–Crippen MR) is 50.6 cm³/mol. The molecule has 1 heterocycles. The lowest BCUT2D eigenvalue weighted by atomic mass is 10.00. The zero-order valence-electron chi connectivity index (χ0n) is 7.66. The molecule has 0 unspecified atom stereocenters. The Morgan fingerprint density at radius 3 is 2.33 bits per heavy atom. The van der Waals surface area contributed by atoms with Crippen molar-refractivity contribution in [1.29, 1.82) is 0 Å². The Kier molecular flexibility index (Phi) is 2.29. The van der Waals surface area contributed by atoms with Crippen molar-refractivity contribution in [1.82, 2.24) is 0 Å². The number of carbonyl (C=O) groups is 1. The predicted octanol–water partition coefficient (Wildman–Crippen LogP) is 2.23. The highest BCUT2D eigenvalue weighted by atomic mass is 32.1. The average molecular weight is 186 g/mol. The first-order valence-electron chi connectivity index (χ1n) is 4.03. The zero-order valence-corrected chi connectivity index (χ0v) is 8.56. The molecule has 0 aromatic carbocycles. The van der Waals surface area contributed by atoms with Crippen molar-refractivity contribution in [2.75, 3.05) is 0 Å². The van der Waals surface area contributed by atoms with Crippen LogP contribution in [0.5, 0.6) is 0 Å². The first-order chi connectivity index (χ1) is 5.33. The highest BCUT2D eigenvalue weighted by Gasteiger charge is 2.35. The average Bonchev–Trinajstić information content (AvgIpc) is 2.62. The SMILES string of the molecule is CC1(CCC(=O)C(C)(C)S)N=N1. The number of nitrogens with zero attached hydrogens (tertiary/aromatic N) is 2. The van der Waals surface area contributed by atoms with E-state index >= 15 is 0 Å². The normalized spacial score (nSPS) is 19.3. The quantitative estimate of drug-likeness (QED) is 0.672. The summed E-state index contributed by atoms with van der Waals surface area (Å²) in [4.78, 5) is 11.4. The fourth-order valence-electron chi connectivity index (χ4n) is 0.842. The van der Waals surface area contributed by atoms with Crippen molar-refractivity contribution in [2.24, 2.45) is 10.2 Å². The van der Waals surface area contributed by atoms with E-state index in [0.717, 1.165) is 6.42 Å². The van der Waals surface area contributed by atoms with Gasteiger partial charge in [0.05, 0.1) is 4.75 Å². The molecule has 68 valence electrons. The zero-order chi connectivity index (χ0) is 9.41. The summed E-state index contributed by atoms with van der Waals surface area (Å²) in [7, 11) is 0. The summed E-state index contributed by atoms with van der Waals surface area (Å²) in [5.41, 5.74) is -0.255. The Morgan fingerprint density at radius 1 is 1.50 bits per heavy atom. The number of ketones is 1. The summed E-state index contributed by atoms with van der Waals surface area (Å²) >= 11 is 4.19. The third-order valence-corrected chi connectivity index (χ3v) is 2.20. The maximum absolute atomic E-state index is 11.4. The number of hydrogen-bond acceptors (Lipinski definition) is 4. The van der Waals surface area contributed by atoms with Crippen LogP contribution < -0.4 is 0 Å².